The van der Waals surface area contributed by atoms with E-state index in [0.29, 0.717) is 23.7 Å². The Bertz CT molecular complexity index is 659. The molecule has 0 spiro atoms. The molecule has 0 bridgehead atoms. The molecule has 0 saturated heterocycles. The molecule has 3 N–H and O–H groups in total. The van der Waals surface area contributed by atoms with Crippen molar-refractivity contribution in [1.29, 1.82) is 0 Å². The zero-order valence-corrected chi connectivity index (χ0v) is 13.0. The lowest BCUT2D eigenvalue weighted by Gasteiger charge is -2.13. The van der Waals surface area contributed by atoms with E-state index in [-0.39, 0.29) is 5.84 Å². The SMILES string of the molecule is COc1ccc(/C(N)=N/O)c(OCc2ccccc2Br)c1. The molecular weight excluding hydrogens is 336 g/mol. The van der Waals surface area contributed by atoms with Crippen LogP contribution in [0.15, 0.2) is 52.1 Å². The molecule has 110 valence electrons. The van der Waals surface area contributed by atoms with E-state index in [4.69, 9.17) is 20.4 Å². The molecule has 2 rings (SSSR count). The quantitative estimate of drug-likeness (QED) is 0.376. The topological polar surface area (TPSA) is 77.1 Å². The van der Waals surface area contributed by atoms with Gasteiger partial charge in [-0.25, -0.2) is 0 Å². The minimum absolute atomic E-state index is 0.0141. The van der Waals surface area contributed by atoms with Gasteiger partial charge < -0.3 is 20.4 Å². The lowest BCUT2D eigenvalue weighted by Crippen LogP contribution is -2.15. The summed E-state index contributed by atoms with van der Waals surface area (Å²) in [6, 6.07) is 12.9. The largest absolute Gasteiger partial charge is 0.497 e. The van der Waals surface area contributed by atoms with Gasteiger partial charge in [-0.3, -0.25) is 0 Å². The second-order valence-electron chi connectivity index (χ2n) is 4.23. The number of ether oxygens (including phenoxy) is 2. The Labute approximate surface area is 131 Å². The number of benzene rings is 2. The average molecular weight is 351 g/mol. The maximum absolute atomic E-state index is 8.84. The normalized spacial score (nSPS) is 11.2. The first-order chi connectivity index (χ1) is 10.2. The van der Waals surface area contributed by atoms with Crippen LogP contribution in [0, 0.1) is 0 Å². The molecule has 0 aliphatic heterocycles. The van der Waals surface area contributed by atoms with E-state index in [0.717, 1.165) is 10.0 Å². The predicted molar refractivity (Wildman–Crippen MR) is 84.0 cm³/mol. The Balaban J connectivity index is 2.27. The standard InChI is InChI=1S/C15H15BrN2O3/c1-20-11-6-7-12(15(17)18-19)14(8-11)21-9-10-4-2-3-5-13(10)16/h2-8,19H,9H2,1H3,(H2,17,18). The van der Waals surface area contributed by atoms with Crippen LogP contribution in [0.1, 0.15) is 11.1 Å². The van der Waals surface area contributed by atoms with Crippen LogP contribution in [0.3, 0.4) is 0 Å². The molecule has 0 fully saturated rings. The van der Waals surface area contributed by atoms with Crippen LogP contribution in [-0.2, 0) is 6.61 Å². The van der Waals surface area contributed by atoms with E-state index in [1.807, 2.05) is 24.3 Å². The van der Waals surface area contributed by atoms with Crippen molar-refractivity contribution in [2.75, 3.05) is 7.11 Å². The Morgan fingerprint density at radius 3 is 2.71 bits per heavy atom. The fourth-order valence-corrected chi connectivity index (χ4v) is 2.18. The average Bonchev–Trinajstić information content (AvgIpc) is 2.53. The Hall–Kier alpha value is -2.21. The lowest BCUT2D eigenvalue weighted by molar-refractivity contribution is 0.300. The summed E-state index contributed by atoms with van der Waals surface area (Å²) >= 11 is 3.47. The van der Waals surface area contributed by atoms with Gasteiger partial charge in [-0.05, 0) is 18.2 Å². The minimum atomic E-state index is -0.0141. The highest BCUT2D eigenvalue weighted by Crippen LogP contribution is 2.26. The van der Waals surface area contributed by atoms with E-state index in [2.05, 4.69) is 21.1 Å². The van der Waals surface area contributed by atoms with Gasteiger partial charge in [-0.15, -0.1) is 0 Å². The van der Waals surface area contributed by atoms with Gasteiger partial charge in [0.25, 0.3) is 0 Å². The van der Waals surface area contributed by atoms with E-state index in [9.17, 15) is 0 Å². The third-order valence-corrected chi connectivity index (χ3v) is 3.69. The van der Waals surface area contributed by atoms with E-state index in [1.165, 1.54) is 0 Å². The van der Waals surface area contributed by atoms with Crippen LogP contribution in [0.25, 0.3) is 0 Å². The second kappa shape index (κ2) is 6.99. The predicted octanol–water partition coefficient (Wildman–Crippen LogP) is 3.13. The number of nitrogens with two attached hydrogens (primary N) is 1. The maximum atomic E-state index is 8.84. The van der Waals surface area contributed by atoms with Gasteiger partial charge in [0, 0.05) is 16.1 Å². The molecule has 0 amide bonds. The first-order valence-electron chi connectivity index (χ1n) is 6.18. The third-order valence-electron chi connectivity index (χ3n) is 2.91. The van der Waals surface area contributed by atoms with Crippen LogP contribution >= 0.6 is 15.9 Å². The highest BCUT2D eigenvalue weighted by Gasteiger charge is 2.11. The minimum Gasteiger partial charge on any atom is -0.497 e. The zero-order valence-electron chi connectivity index (χ0n) is 11.4. The molecule has 0 aromatic heterocycles. The van der Waals surface area contributed by atoms with Crippen molar-refractivity contribution >= 4 is 21.8 Å². The van der Waals surface area contributed by atoms with Crippen molar-refractivity contribution < 1.29 is 14.7 Å². The van der Waals surface area contributed by atoms with Crippen LogP contribution < -0.4 is 15.2 Å². The summed E-state index contributed by atoms with van der Waals surface area (Å²) in [5.74, 6) is 1.10. The summed E-state index contributed by atoms with van der Waals surface area (Å²) in [4.78, 5) is 0. The van der Waals surface area contributed by atoms with Crippen LogP contribution in [0.4, 0.5) is 0 Å². The van der Waals surface area contributed by atoms with Crippen molar-refractivity contribution in [3.05, 3.63) is 58.1 Å². The van der Waals surface area contributed by atoms with Crippen LogP contribution in [-0.4, -0.2) is 18.2 Å². The first-order valence-corrected chi connectivity index (χ1v) is 6.97. The number of amidine groups is 1. The van der Waals surface area contributed by atoms with Crippen LogP contribution in [0.5, 0.6) is 11.5 Å². The number of nitrogens with zero attached hydrogens (tertiary/aromatic N) is 1. The third kappa shape index (κ3) is 3.66. The number of rotatable bonds is 5. The number of hydrogen-bond donors (Lipinski definition) is 2. The fraction of sp³-hybridized carbons (Fsp3) is 0.133. The smallest absolute Gasteiger partial charge is 0.173 e. The van der Waals surface area contributed by atoms with Crippen LogP contribution in [0.2, 0.25) is 0 Å². The summed E-state index contributed by atoms with van der Waals surface area (Å²) in [6.07, 6.45) is 0. The lowest BCUT2D eigenvalue weighted by atomic mass is 10.1. The summed E-state index contributed by atoms with van der Waals surface area (Å²) in [5, 5.41) is 11.8. The molecule has 0 atom stereocenters. The summed E-state index contributed by atoms with van der Waals surface area (Å²) in [5.41, 5.74) is 7.15. The van der Waals surface area contributed by atoms with Crippen molar-refractivity contribution in [3.8, 4) is 11.5 Å². The molecule has 2 aromatic rings. The molecule has 5 nitrogen and oxygen atoms in total. The van der Waals surface area contributed by atoms with Crippen molar-refractivity contribution in [1.82, 2.24) is 0 Å². The molecule has 0 heterocycles. The Morgan fingerprint density at radius 2 is 2.05 bits per heavy atom. The van der Waals surface area contributed by atoms with Gasteiger partial charge in [0.05, 0.1) is 12.7 Å². The molecule has 21 heavy (non-hydrogen) atoms. The number of oxime groups is 1. The first kappa shape index (κ1) is 15.2. The number of halogens is 1. The van der Waals surface area contributed by atoms with E-state index >= 15 is 0 Å². The maximum Gasteiger partial charge on any atom is 0.173 e. The molecule has 2 aromatic carbocycles. The summed E-state index contributed by atoms with van der Waals surface area (Å²) in [7, 11) is 1.57. The Kier molecular flexibility index (Phi) is 5.05. The molecule has 0 aliphatic rings. The highest BCUT2D eigenvalue weighted by atomic mass is 79.9. The number of methoxy groups -OCH3 is 1. The van der Waals surface area contributed by atoms with Crippen molar-refractivity contribution in [2.24, 2.45) is 10.9 Å². The van der Waals surface area contributed by atoms with Crippen molar-refractivity contribution in [3.63, 3.8) is 0 Å². The number of hydrogen-bond acceptors (Lipinski definition) is 4. The second-order valence-corrected chi connectivity index (χ2v) is 5.08. The zero-order chi connectivity index (χ0) is 15.2. The van der Waals surface area contributed by atoms with Crippen molar-refractivity contribution in [2.45, 2.75) is 6.61 Å². The molecule has 0 unspecified atom stereocenters. The molecule has 0 aliphatic carbocycles. The van der Waals surface area contributed by atoms with Gasteiger partial charge in [0.2, 0.25) is 0 Å². The van der Waals surface area contributed by atoms with E-state index in [1.54, 1.807) is 25.3 Å². The van der Waals surface area contributed by atoms with Gasteiger partial charge in [0.1, 0.15) is 18.1 Å². The molecular formula is C15H15BrN2O3. The van der Waals surface area contributed by atoms with Gasteiger partial charge in [-0.2, -0.15) is 0 Å². The van der Waals surface area contributed by atoms with Gasteiger partial charge >= 0.3 is 0 Å². The Morgan fingerprint density at radius 1 is 1.29 bits per heavy atom. The van der Waals surface area contributed by atoms with E-state index < -0.39 is 0 Å². The fourth-order valence-electron chi connectivity index (χ4n) is 1.79. The highest BCUT2D eigenvalue weighted by molar-refractivity contribution is 9.10. The summed E-state index contributed by atoms with van der Waals surface area (Å²) < 4.78 is 11.9. The van der Waals surface area contributed by atoms with Gasteiger partial charge in [-0.1, -0.05) is 39.3 Å². The molecule has 0 radical (unpaired) electrons. The molecule has 6 heteroatoms. The summed E-state index contributed by atoms with van der Waals surface area (Å²) in [6.45, 7) is 0.348. The van der Waals surface area contributed by atoms with Gasteiger partial charge in [0.15, 0.2) is 5.84 Å². The molecule has 0 saturated carbocycles. The monoisotopic (exact) mass is 350 g/mol.